The van der Waals surface area contributed by atoms with Crippen LogP contribution in [0.2, 0.25) is 0 Å². The van der Waals surface area contributed by atoms with E-state index in [-0.39, 0.29) is 0 Å². The van der Waals surface area contributed by atoms with Gasteiger partial charge in [-0.05, 0) is 49.5 Å². The number of aromatic nitrogens is 2. The van der Waals surface area contributed by atoms with Gasteiger partial charge in [-0.15, -0.1) is 0 Å². The number of fused-ring (bicyclic) bond motifs is 1. The van der Waals surface area contributed by atoms with Crippen molar-refractivity contribution < 1.29 is 0 Å². The molecule has 0 bridgehead atoms. The summed E-state index contributed by atoms with van der Waals surface area (Å²) in [7, 11) is 0. The zero-order valence-corrected chi connectivity index (χ0v) is 15.0. The highest BCUT2D eigenvalue weighted by Crippen LogP contribution is 2.23. The molecule has 0 aliphatic heterocycles. The van der Waals surface area contributed by atoms with Gasteiger partial charge >= 0.3 is 0 Å². The molecule has 1 aromatic carbocycles. The van der Waals surface area contributed by atoms with E-state index in [1.807, 2.05) is 13.0 Å². The van der Waals surface area contributed by atoms with Crippen LogP contribution in [0.3, 0.4) is 0 Å². The van der Waals surface area contributed by atoms with Gasteiger partial charge in [-0.25, -0.2) is 0 Å². The minimum Gasteiger partial charge on any atom is -0.381 e. The van der Waals surface area contributed by atoms with E-state index in [0.29, 0.717) is 5.92 Å². The number of halogens is 1. The van der Waals surface area contributed by atoms with E-state index in [1.165, 1.54) is 5.56 Å². The van der Waals surface area contributed by atoms with Crippen LogP contribution < -0.4 is 5.32 Å². The van der Waals surface area contributed by atoms with Crippen LogP contribution in [0.4, 0.5) is 0 Å². The second kappa shape index (κ2) is 8.11. The number of nitrogens with zero attached hydrogens (tertiary/aromatic N) is 2. The normalized spacial score (nSPS) is 13.4. The van der Waals surface area contributed by atoms with Crippen molar-refractivity contribution in [3.05, 3.63) is 58.5 Å². The molecule has 0 radical (unpaired) electrons. The molecule has 23 heavy (non-hydrogen) atoms. The third-order valence-corrected chi connectivity index (χ3v) is 4.14. The van der Waals surface area contributed by atoms with Gasteiger partial charge in [-0.1, -0.05) is 37.6 Å². The lowest BCUT2D eigenvalue weighted by atomic mass is 10.1. The Morgan fingerprint density at radius 1 is 1.22 bits per heavy atom. The van der Waals surface area contributed by atoms with Gasteiger partial charge in [0.1, 0.15) is 0 Å². The van der Waals surface area contributed by atoms with E-state index in [0.717, 1.165) is 40.3 Å². The van der Waals surface area contributed by atoms with Crippen molar-refractivity contribution in [2.45, 2.75) is 40.7 Å². The first kappa shape index (κ1) is 17.5. The van der Waals surface area contributed by atoms with Gasteiger partial charge in [0, 0.05) is 29.7 Å². The molecule has 0 fully saturated rings. The van der Waals surface area contributed by atoms with Crippen molar-refractivity contribution in [1.29, 1.82) is 0 Å². The minimum absolute atomic E-state index is 0.551. The Hall–Kier alpha value is -1.87. The Kier molecular flexibility index (Phi) is 6.17. The summed E-state index contributed by atoms with van der Waals surface area (Å²) in [6, 6.07) is 6.15. The first-order chi connectivity index (χ1) is 11.0. The fraction of sp³-hybridized carbons (Fsp3) is 0.368. The quantitative estimate of drug-likeness (QED) is 0.742. The largest absolute Gasteiger partial charge is 0.381 e. The molecule has 0 amide bonds. The molecule has 1 N–H and O–H groups in total. The van der Waals surface area contributed by atoms with E-state index in [1.54, 1.807) is 12.4 Å². The maximum atomic E-state index is 6.44. The van der Waals surface area contributed by atoms with Gasteiger partial charge in [-0.3, -0.25) is 9.97 Å². The molecule has 4 heteroatoms. The SMILES string of the molecule is C/C=C(NCc1ccc2nccnc2c1)\C(C)=C(\Cl)CC(C)C. The summed E-state index contributed by atoms with van der Waals surface area (Å²) in [4.78, 5) is 8.64. The van der Waals surface area contributed by atoms with Crippen LogP contribution in [0.1, 0.15) is 39.7 Å². The highest BCUT2D eigenvalue weighted by atomic mass is 35.5. The summed E-state index contributed by atoms with van der Waals surface area (Å²) < 4.78 is 0. The van der Waals surface area contributed by atoms with Crippen LogP contribution in [0.15, 0.2) is 53.0 Å². The summed E-state index contributed by atoms with van der Waals surface area (Å²) in [5.41, 5.74) is 5.20. The molecule has 122 valence electrons. The van der Waals surface area contributed by atoms with Crippen molar-refractivity contribution >= 4 is 22.6 Å². The van der Waals surface area contributed by atoms with Gasteiger partial charge < -0.3 is 5.32 Å². The lowest BCUT2D eigenvalue weighted by molar-refractivity contribution is 0.653. The lowest BCUT2D eigenvalue weighted by Gasteiger charge is -2.15. The molecule has 0 spiro atoms. The zero-order valence-electron chi connectivity index (χ0n) is 14.2. The van der Waals surface area contributed by atoms with E-state index in [9.17, 15) is 0 Å². The van der Waals surface area contributed by atoms with Crippen molar-refractivity contribution in [2.24, 2.45) is 5.92 Å². The summed E-state index contributed by atoms with van der Waals surface area (Å²) >= 11 is 6.44. The molecule has 0 aliphatic rings. The fourth-order valence-corrected chi connectivity index (χ4v) is 2.84. The predicted octanol–water partition coefficient (Wildman–Crippen LogP) is 5.18. The van der Waals surface area contributed by atoms with Crippen molar-refractivity contribution in [2.75, 3.05) is 0 Å². The van der Waals surface area contributed by atoms with Gasteiger partial charge in [0.2, 0.25) is 0 Å². The molecule has 0 aliphatic carbocycles. The van der Waals surface area contributed by atoms with Crippen LogP contribution in [0.5, 0.6) is 0 Å². The smallest absolute Gasteiger partial charge is 0.0890 e. The summed E-state index contributed by atoms with van der Waals surface area (Å²) in [6.07, 6.45) is 6.40. The second-order valence-corrected chi connectivity index (χ2v) is 6.52. The van der Waals surface area contributed by atoms with E-state index in [4.69, 9.17) is 11.6 Å². The highest BCUT2D eigenvalue weighted by molar-refractivity contribution is 6.30. The maximum absolute atomic E-state index is 6.44. The Bertz CT molecular complexity index is 732. The van der Waals surface area contributed by atoms with Crippen LogP contribution >= 0.6 is 11.6 Å². The standard InChI is InChI=1S/C19H24ClN3/c1-5-17(14(4)16(20)10-13(2)3)23-12-15-6-7-18-19(11-15)22-9-8-21-18/h5-9,11,13,23H,10,12H2,1-4H3/b16-14+,17-5+. The molecular formula is C19H24ClN3. The van der Waals surface area contributed by atoms with Gasteiger partial charge in [0.05, 0.1) is 11.0 Å². The van der Waals surface area contributed by atoms with Crippen LogP contribution in [0, 0.1) is 5.92 Å². The minimum atomic E-state index is 0.551. The number of hydrogen-bond donors (Lipinski definition) is 1. The molecule has 0 unspecified atom stereocenters. The number of rotatable bonds is 6. The molecule has 1 heterocycles. The number of allylic oxidation sites excluding steroid dienone is 3. The predicted molar refractivity (Wildman–Crippen MR) is 98.1 cm³/mol. The van der Waals surface area contributed by atoms with Crippen molar-refractivity contribution in [1.82, 2.24) is 15.3 Å². The molecule has 1 aromatic heterocycles. The third-order valence-electron chi connectivity index (χ3n) is 3.70. The second-order valence-electron chi connectivity index (χ2n) is 6.06. The van der Waals surface area contributed by atoms with Crippen LogP contribution in [0.25, 0.3) is 11.0 Å². The number of hydrogen-bond acceptors (Lipinski definition) is 3. The monoisotopic (exact) mass is 329 g/mol. The van der Waals surface area contributed by atoms with Gasteiger partial charge in [0.25, 0.3) is 0 Å². The lowest BCUT2D eigenvalue weighted by Crippen LogP contribution is -2.14. The summed E-state index contributed by atoms with van der Waals surface area (Å²) in [6.45, 7) is 9.18. The molecule has 2 rings (SSSR count). The Morgan fingerprint density at radius 2 is 1.91 bits per heavy atom. The molecule has 0 saturated carbocycles. The first-order valence-corrected chi connectivity index (χ1v) is 8.34. The van der Waals surface area contributed by atoms with Crippen molar-refractivity contribution in [3.8, 4) is 0 Å². The van der Waals surface area contributed by atoms with Crippen LogP contribution in [-0.2, 0) is 6.54 Å². The average molecular weight is 330 g/mol. The highest BCUT2D eigenvalue weighted by Gasteiger charge is 2.07. The topological polar surface area (TPSA) is 37.8 Å². The van der Waals surface area contributed by atoms with E-state index >= 15 is 0 Å². The summed E-state index contributed by atoms with van der Waals surface area (Å²) in [5, 5.41) is 4.40. The molecular weight excluding hydrogens is 306 g/mol. The number of nitrogens with one attached hydrogen (secondary N) is 1. The Labute approximate surface area is 143 Å². The van der Waals surface area contributed by atoms with E-state index < -0.39 is 0 Å². The van der Waals surface area contributed by atoms with Gasteiger partial charge in [-0.2, -0.15) is 0 Å². The Morgan fingerprint density at radius 3 is 2.57 bits per heavy atom. The van der Waals surface area contributed by atoms with Gasteiger partial charge in [0.15, 0.2) is 0 Å². The molecule has 0 saturated heterocycles. The maximum Gasteiger partial charge on any atom is 0.0890 e. The molecule has 2 aromatic rings. The fourth-order valence-electron chi connectivity index (χ4n) is 2.42. The number of benzene rings is 1. The Balaban J connectivity index is 2.10. The molecule has 3 nitrogen and oxygen atoms in total. The third kappa shape index (κ3) is 4.80. The van der Waals surface area contributed by atoms with Crippen molar-refractivity contribution in [3.63, 3.8) is 0 Å². The van der Waals surface area contributed by atoms with E-state index in [2.05, 4.69) is 54.3 Å². The average Bonchev–Trinajstić information content (AvgIpc) is 2.54. The first-order valence-electron chi connectivity index (χ1n) is 7.96. The molecule has 0 atom stereocenters. The summed E-state index contributed by atoms with van der Waals surface area (Å²) in [5.74, 6) is 0.551. The van der Waals surface area contributed by atoms with Crippen LogP contribution in [-0.4, -0.2) is 9.97 Å². The zero-order chi connectivity index (χ0) is 16.8.